The van der Waals surface area contributed by atoms with E-state index in [1.807, 2.05) is 26.0 Å². The SMILES string of the molecule is CCOc1ncc(Nc2cc(C(CC)CC(=O)O)ccc2-c2ccc(Cl)cc2F)cn1. The number of carboxylic acid groups (broad SMARTS) is 1. The number of aliphatic carboxylic acids is 1. The Morgan fingerprint density at radius 1 is 1.16 bits per heavy atom. The number of nitrogens with zero attached hydrogens (tertiary/aromatic N) is 2. The molecule has 0 radical (unpaired) electrons. The van der Waals surface area contributed by atoms with Crippen molar-refractivity contribution in [1.29, 1.82) is 0 Å². The Morgan fingerprint density at radius 3 is 2.48 bits per heavy atom. The lowest BCUT2D eigenvalue weighted by atomic mass is 9.90. The van der Waals surface area contributed by atoms with Gasteiger partial charge in [0.15, 0.2) is 0 Å². The van der Waals surface area contributed by atoms with Crippen LogP contribution in [0.1, 0.15) is 38.2 Å². The maximum Gasteiger partial charge on any atom is 0.316 e. The van der Waals surface area contributed by atoms with E-state index in [4.69, 9.17) is 16.3 Å². The summed E-state index contributed by atoms with van der Waals surface area (Å²) >= 11 is 5.91. The van der Waals surface area contributed by atoms with Crippen LogP contribution in [-0.4, -0.2) is 27.7 Å². The first-order chi connectivity index (χ1) is 14.9. The van der Waals surface area contributed by atoms with Gasteiger partial charge in [-0.2, -0.15) is 0 Å². The van der Waals surface area contributed by atoms with Crippen LogP contribution in [0.3, 0.4) is 0 Å². The molecule has 0 spiro atoms. The second-order valence-corrected chi connectivity index (χ2v) is 7.38. The average Bonchev–Trinajstić information content (AvgIpc) is 2.74. The quantitative estimate of drug-likeness (QED) is 0.419. The fraction of sp³-hybridized carbons (Fsp3) is 0.261. The summed E-state index contributed by atoms with van der Waals surface area (Å²) < 4.78 is 19.9. The third-order valence-corrected chi connectivity index (χ3v) is 5.07. The van der Waals surface area contributed by atoms with Gasteiger partial charge in [-0.3, -0.25) is 4.79 Å². The van der Waals surface area contributed by atoms with E-state index in [9.17, 15) is 14.3 Å². The predicted molar refractivity (Wildman–Crippen MR) is 119 cm³/mol. The van der Waals surface area contributed by atoms with Gasteiger partial charge in [0.1, 0.15) is 5.82 Å². The number of ether oxygens (including phenoxy) is 1. The van der Waals surface area contributed by atoms with E-state index in [-0.39, 0.29) is 18.3 Å². The molecule has 3 rings (SSSR count). The number of halogens is 2. The Balaban J connectivity index is 2.04. The number of hydrogen-bond acceptors (Lipinski definition) is 5. The molecule has 0 saturated heterocycles. The molecule has 2 aromatic carbocycles. The van der Waals surface area contributed by atoms with Crippen molar-refractivity contribution in [3.05, 3.63) is 65.2 Å². The minimum absolute atomic E-state index is 0.0107. The topological polar surface area (TPSA) is 84.3 Å². The van der Waals surface area contributed by atoms with Gasteiger partial charge < -0.3 is 15.2 Å². The molecule has 3 aromatic rings. The number of carbonyl (C=O) groups is 1. The second kappa shape index (κ2) is 10.2. The van der Waals surface area contributed by atoms with E-state index in [0.717, 1.165) is 5.56 Å². The third kappa shape index (κ3) is 5.70. The molecule has 2 N–H and O–H groups in total. The average molecular weight is 444 g/mol. The van der Waals surface area contributed by atoms with Crippen LogP contribution in [0.4, 0.5) is 15.8 Å². The molecule has 0 amide bonds. The molecule has 0 bridgehead atoms. The zero-order chi connectivity index (χ0) is 22.4. The standard InChI is InChI=1S/C23H23ClFN3O3/c1-3-14(10-22(29)30)15-5-7-19(18-8-6-16(24)11-20(18)25)21(9-15)28-17-12-26-23(27-13-17)31-4-2/h5-9,11-14,28H,3-4,10H2,1-2H3,(H,29,30). The number of nitrogens with one attached hydrogen (secondary N) is 1. The van der Waals surface area contributed by atoms with Crippen LogP contribution >= 0.6 is 11.6 Å². The van der Waals surface area contributed by atoms with Crippen LogP contribution in [0, 0.1) is 5.82 Å². The number of aromatic nitrogens is 2. The number of rotatable bonds is 9. The van der Waals surface area contributed by atoms with Crippen LogP contribution in [0.25, 0.3) is 11.1 Å². The zero-order valence-electron chi connectivity index (χ0n) is 17.2. The van der Waals surface area contributed by atoms with Crippen LogP contribution < -0.4 is 10.1 Å². The van der Waals surface area contributed by atoms with Gasteiger partial charge in [0.05, 0.1) is 31.1 Å². The fourth-order valence-electron chi connectivity index (χ4n) is 3.31. The van der Waals surface area contributed by atoms with Crippen molar-refractivity contribution in [2.24, 2.45) is 0 Å². The molecule has 1 unspecified atom stereocenters. The first-order valence-corrected chi connectivity index (χ1v) is 10.3. The molecule has 31 heavy (non-hydrogen) atoms. The van der Waals surface area contributed by atoms with Crippen molar-refractivity contribution in [1.82, 2.24) is 9.97 Å². The van der Waals surface area contributed by atoms with Gasteiger partial charge in [0.25, 0.3) is 0 Å². The van der Waals surface area contributed by atoms with Crippen molar-refractivity contribution >= 4 is 28.9 Å². The minimum atomic E-state index is -0.867. The first-order valence-electron chi connectivity index (χ1n) is 9.94. The van der Waals surface area contributed by atoms with Crippen molar-refractivity contribution in [3.63, 3.8) is 0 Å². The molecule has 8 heteroatoms. The predicted octanol–water partition coefficient (Wildman–Crippen LogP) is 6.05. The Hall–Kier alpha value is -3.19. The van der Waals surface area contributed by atoms with Crippen molar-refractivity contribution in [2.45, 2.75) is 32.6 Å². The number of anilines is 2. The summed E-state index contributed by atoms with van der Waals surface area (Å²) in [4.78, 5) is 19.6. The van der Waals surface area contributed by atoms with Gasteiger partial charge in [-0.1, -0.05) is 30.7 Å². The highest BCUT2D eigenvalue weighted by Gasteiger charge is 2.18. The lowest BCUT2D eigenvalue weighted by Gasteiger charge is -2.18. The molecule has 0 saturated carbocycles. The maximum absolute atomic E-state index is 14.7. The lowest BCUT2D eigenvalue weighted by Crippen LogP contribution is -2.06. The van der Waals surface area contributed by atoms with Gasteiger partial charge in [-0.05, 0) is 49.1 Å². The highest BCUT2D eigenvalue weighted by atomic mass is 35.5. The summed E-state index contributed by atoms with van der Waals surface area (Å²) in [5.74, 6) is -1.49. The van der Waals surface area contributed by atoms with E-state index in [2.05, 4.69) is 15.3 Å². The van der Waals surface area contributed by atoms with Gasteiger partial charge in [0, 0.05) is 21.8 Å². The third-order valence-electron chi connectivity index (χ3n) is 4.83. The fourth-order valence-corrected chi connectivity index (χ4v) is 3.47. The molecule has 0 aliphatic heterocycles. The summed E-state index contributed by atoms with van der Waals surface area (Å²) in [7, 11) is 0. The Kier molecular flexibility index (Phi) is 7.41. The highest BCUT2D eigenvalue weighted by molar-refractivity contribution is 6.30. The van der Waals surface area contributed by atoms with Crippen LogP contribution in [0.15, 0.2) is 48.8 Å². The molecular weight excluding hydrogens is 421 g/mol. The number of carboxylic acids is 1. The summed E-state index contributed by atoms with van der Waals surface area (Å²) in [6.45, 7) is 4.24. The van der Waals surface area contributed by atoms with E-state index in [1.54, 1.807) is 30.6 Å². The first kappa shape index (κ1) is 22.5. The summed E-state index contributed by atoms with van der Waals surface area (Å²) in [5.41, 5.74) is 3.02. The monoisotopic (exact) mass is 443 g/mol. The second-order valence-electron chi connectivity index (χ2n) is 6.94. The largest absolute Gasteiger partial charge is 0.481 e. The van der Waals surface area contributed by atoms with E-state index in [0.29, 0.717) is 40.6 Å². The van der Waals surface area contributed by atoms with Crippen molar-refractivity contribution < 1.29 is 19.0 Å². The minimum Gasteiger partial charge on any atom is -0.481 e. The Morgan fingerprint density at radius 2 is 1.87 bits per heavy atom. The molecule has 162 valence electrons. The maximum atomic E-state index is 14.7. The van der Waals surface area contributed by atoms with Gasteiger partial charge in [0.2, 0.25) is 0 Å². The van der Waals surface area contributed by atoms with Crippen LogP contribution in [0.5, 0.6) is 6.01 Å². The van der Waals surface area contributed by atoms with E-state index in [1.165, 1.54) is 6.07 Å². The smallest absolute Gasteiger partial charge is 0.316 e. The molecular formula is C23H23ClFN3O3. The van der Waals surface area contributed by atoms with E-state index >= 15 is 0 Å². The summed E-state index contributed by atoms with van der Waals surface area (Å²) in [6, 6.07) is 10.2. The molecule has 1 heterocycles. The van der Waals surface area contributed by atoms with Gasteiger partial charge in [-0.25, -0.2) is 14.4 Å². The molecule has 6 nitrogen and oxygen atoms in total. The Labute approximate surface area is 185 Å². The molecule has 1 atom stereocenters. The normalized spacial score (nSPS) is 11.7. The number of hydrogen-bond donors (Lipinski definition) is 2. The Bertz CT molecular complexity index is 1060. The van der Waals surface area contributed by atoms with Crippen LogP contribution in [0.2, 0.25) is 5.02 Å². The molecule has 0 fully saturated rings. The molecule has 0 aliphatic carbocycles. The summed E-state index contributed by atoms with van der Waals surface area (Å²) in [5, 5.41) is 12.8. The summed E-state index contributed by atoms with van der Waals surface area (Å²) in [6.07, 6.45) is 3.81. The van der Waals surface area contributed by atoms with Gasteiger partial charge >= 0.3 is 12.0 Å². The molecule has 0 aliphatic rings. The lowest BCUT2D eigenvalue weighted by molar-refractivity contribution is -0.137. The molecule has 1 aromatic heterocycles. The zero-order valence-corrected chi connectivity index (χ0v) is 18.0. The van der Waals surface area contributed by atoms with Crippen molar-refractivity contribution in [2.75, 3.05) is 11.9 Å². The van der Waals surface area contributed by atoms with Gasteiger partial charge in [-0.15, -0.1) is 0 Å². The highest BCUT2D eigenvalue weighted by Crippen LogP contribution is 2.36. The number of benzene rings is 2. The van der Waals surface area contributed by atoms with Crippen LogP contribution in [-0.2, 0) is 4.79 Å². The van der Waals surface area contributed by atoms with Crippen molar-refractivity contribution in [3.8, 4) is 17.1 Å². The van der Waals surface area contributed by atoms with E-state index < -0.39 is 11.8 Å².